The predicted molar refractivity (Wildman–Crippen MR) is 104 cm³/mol. The number of hydrazone groups is 1. The van der Waals surface area contributed by atoms with Gasteiger partial charge in [0, 0.05) is 5.56 Å². The van der Waals surface area contributed by atoms with Crippen LogP contribution < -0.4 is 14.9 Å². The van der Waals surface area contributed by atoms with Crippen molar-refractivity contribution in [1.82, 2.24) is 5.43 Å². The maximum atomic E-state index is 11.9. The van der Waals surface area contributed by atoms with Crippen molar-refractivity contribution in [3.8, 4) is 11.5 Å². The van der Waals surface area contributed by atoms with Crippen LogP contribution in [-0.2, 0) is 11.2 Å². The Morgan fingerprint density at radius 2 is 1.85 bits per heavy atom. The molecule has 2 rings (SSSR count). The summed E-state index contributed by atoms with van der Waals surface area (Å²) in [4.78, 5) is 11.9. The van der Waals surface area contributed by atoms with Crippen molar-refractivity contribution >= 4 is 12.1 Å². The molecule has 0 aliphatic heterocycles. The van der Waals surface area contributed by atoms with E-state index in [4.69, 9.17) is 9.47 Å². The molecule has 0 spiro atoms. The number of rotatable bonds is 10. The molecule has 0 radical (unpaired) electrons. The van der Waals surface area contributed by atoms with Gasteiger partial charge in [-0.15, -0.1) is 6.58 Å². The molecule has 0 bridgehead atoms. The summed E-state index contributed by atoms with van der Waals surface area (Å²) in [5, 5.41) is 3.98. The fraction of sp³-hybridized carbons (Fsp3) is 0.238. The number of benzene rings is 2. The summed E-state index contributed by atoms with van der Waals surface area (Å²) in [6.45, 7) is 6.29. The average molecular weight is 352 g/mol. The summed E-state index contributed by atoms with van der Waals surface area (Å²) >= 11 is 0. The minimum absolute atomic E-state index is 0.112. The smallest absolute Gasteiger partial charge is 0.277 e. The zero-order valence-corrected chi connectivity index (χ0v) is 15.0. The molecule has 1 amide bonds. The Morgan fingerprint density at radius 1 is 1.12 bits per heavy atom. The minimum Gasteiger partial charge on any atom is -0.493 e. The fourth-order valence-corrected chi connectivity index (χ4v) is 2.25. The third kappa shape index (κ3) is 6.09. The molecular formula is C21H24N2O3. The number of nitrogens with zero attached hydrogens (tertiary/aromatic N) is 1. The van der Waals surface area contributed by atoms with Gasteiger partial charge < -0.3 is 9.47 Å². The lowest BCUT2D eigenvalue weighted by atomic mass is 10.1. The second-order valence-electron chi connectivity index (χ2n) is 5.57. The highest BCUT2D eigenvalue weighted by molar-refractivity contribution is 5.85. The molecule has 0 aromatic heterocycles. The van der Waals surface area contributed by atoms with Gasteiger partial charge in [-0.25, -0.2) is 5.43 Å². The number of carbonyl (C=O) groups is 1. The van der Waals surface area contributed by atoms with Crippen LogP contribution in [0.2, 0.25) is 0 Å². The van der Waals surface area contributed by atoms with E-state index in [0.29, 0.717) is 18.8 Å². The standard InChI is InChI=1S/C21H24N2O3/c1-3-9-17-10-5-7-12-19(17)26-16-21(24)23-22-15-18-11-6-8-13-20(18)25-14-4-2/h3,5-8,10-13,15H,1,4,9,14,16H2,2H3,(H,23,24)/b22-15-. The molecule has 2 aromatic rings. The lowest BCUT2D eigenvalue weighted by molar-refractivity contribution is -0.123. The van der Waals surface area contributed by atoms with Crippen LogP contribution in [0.15, 0.2) is 66.3 Å². The van der Waals surface area contributed by atoms with Crippen molar-refractivity contribution in [2.24, 2.45) is 5.10 Å². The molecule has 5 heteroatoms. The maximum absolute atomic E-state index is 11.9. The summed E-state index contributed by atoms with van der Waals surface area (Å²) in [7, 11) is 0. The van der Waals surface area contributed by atoms with Gasteiger partial charge in [-0.1, -0.05) is 43.3 Å². The Hall–Kier alpha value is -3.08. The molecular weight excluding hydrogens is 328 g/mol. The molecule has 0 saturated heterocycles. The monoisotopic (exact) mass is 352 g/mol. The summed E-state index contributed by atoms with van der Waals surface area (Å²) in [5.41, 5.74) is 4.26. The third-order valence-electron chi connectivity index (χ3n) is 3.47. The van der Waals surface area contributed by atoms with E-state index >= 15 is 0 Å². The quantitative estimate of drug-likeness (QED) is 0.403. The van der Waals surface area contributed by atoms with Crippen molar-refractivity contribution < 1.29 is 14.3 Å². The predicted octanol–water partition coefficient (Wildman–Crippen LogP) is 3.73. The van der Waals surface area contributed by atoms with E-state index in [1.165, 1.54) is 0 Å². The first-order valence-corrected chi connectivity index (χ1v) is 8.60. The Morgan fingerprint density at radius 3 is 2.62 bits per heavy atom. The van der Waals surface area contributed by atoms with E-state index in [0.717, 1.165) is 23.3 Å². The second kappa shape index (κ2) is 10.7. The van der Waals surface area contributed by atoms with Crippen LogP contribution in [-0.4, -0.2) is 25.3 Å². The van der Waals surface area contributed by atoms with Gasteiger partial charge in [0.2, 0.25) is 0 Å². The van der Waals surface area contributed by atoms with E-state index in [1.807, 2.05) is 55.5 Å². The zero-order valence-electron chi connectivity index (χ0n) is 15.0. The first-order valence-electron chi connectivity index (χ1n) is 8.60. The number of ether oxygens (including phenoxy) is 2. The fourth-order valence-electron chi connectivity index (χ4n) is 2.25. The molecule has 2 aromatic carbocycles. The van der Waals surface area contributed by atoms with Gasteiger partial charge in [-0.2, -0.15) is 5.10 Å². The number of hydrogen-bond donors (Lipinski definition) is 1. The minimum atomic E-state index is -0.332. The molecule has 0 saturated carbocycles. The van der Waals surface area contributed by atoms with Crippen molar-refractivity contribution in [2.75, 3.05) is 13.2 Å². The van der Waals surface area contributed by atoms with E-state index in [9.17, 15) is 4.79 Å². The summed E-state index contributed by atoms with van der Waals surface area (Å²) in [6.07, 6.45) is 4.97. The van der Waals surface area contributed by atoms with Gasteiger partial charge in [-0.3, -0.25) is 4.79 Å². The molecule has 1 N–H and O–H groups in total. The molecule has 0 atom stereocenters. The normalized spacial score (nSPS) is 10.5. The summed E-state index contributed by atoms with van der Waals surface area (Å²) in [6, 6.07) is 15.1. The van der Waals surface area contributed by atoms with E-state index < -0.39 is 0 Å². The molecule has 26 heavy (non-hydrogen) atoms. The molecule has 136 valence electrons. The van der Waals surface area contributed by atoms with Gasteiger partial charge >= 0.3 is 0 Å². The van der Waals surface area contributed by atoms with E-state index in [2.05, 4.69) is 17.1 Å². The molecule has 0 heterocycles. The molecule has 0 aliphatic rings. The van der Waals surface area contributed by atoms with Crippen LogP contribution in [0.5, 0.6) is 11.5 Å². The number of hydrogen-bond acceptors (Lipinski definition) is 4. The first-order chi connectivity index (χ1) is 12.7. The molecule has 0 aliphatic carbocycles. The average Bonchev–Trinajstić information content (AvgIpc) is 2.67. The molecule has 0 fully saturated rings. The van der Waals surface area contributed by atoms with Gasteiger partial charge in [-0.05, 0) is 36.6 Å². The molecule has 0 unspecified atom stereocenters. The highest BCUT2D eigenvalue weighted by Gasteiger charge is 2.05. The highest BCUT2D eigenvalue weighted by Crippen LogP contribution is 2.18. The SMILES string of the molecule is C=CCc1ccccc1OCC(=O)N/N=C\c1ccccc1OCCC. The number of allylic oxidation sites excluding steroid dienone is 1. The highest BCUT2D eigenvalue weighted by atomic mass is 16.5. The van der Waals surface area contributed by atoms with Crippen LogP contribution in [0.1, 0.15) is 24.5 Å². The third-order valence-corrected chi connectivity index (χ3v) is 3.47. The van der Waals surface area contributed by atoms with Gasteiger partial charge in [0.05, 0.1) is 12.8 Å². The largest absolute Gasteiger partial charge is 0.493 e. The second-order valence-corrected chi connectivity index (χ2v) is 5.57. The van der Waals surface area contributed by atoms with Gasteiger partial charge in [0.15, 0.2) is 6.61 Å². The number of nitrogens with one attached hydrogen (secondary N) is 1. The maximum Gasteiger partial charge on any atom is 0.277 e. The first kappa shape index (κ1) is 19.2. The molecule has 5 nitrogen and oxygen atoms in total. The Labute approximate surface area is 154 Å². The van der Waals surface area contributed by atoms with E-state index in [-0.39, 0.29) is 12.5 Å². The van der Waals surface area contributed by atoms with Crippen molar-refractivity contribution in [1.29, 1.82) is 0 Å². The topological polar surface area (TPSA) is 59.9 Å². The van der Waals surface area contributed by atoms with Crippen molar-refractivity contribution in [3.63, 3.8) is 0 Å². The summed E-state index contributed by atoms with van der Waals surface area (Å²) < 4.78 is 11.2. The Balaban J connectivity index is 1.87. The Kier molecular flexibility index (Phi) is 7.93. The lowest BCUT2D eigenvalue weighted by Gasteiger charge is -2.09. The summed E-state index contributed by atoms with van der Waals surface area (Å²) in [5.74, 6) is 1.08. The van der Waals surface area contributed by atoms with Crippen molar-refractivity contribution in [2.45, 2.75) is 19.8 Å². The van der Waals surface area contributed by atoms with Crippen LogP contribution in [0.4, 0.5) is 0 Å². The lowest BCUT2D eigenvalue weighted by Crippen LogP contribution is -2.24. The van der Waals surface area contributed by atoms with Gasteiger partial charge in [0.25, 0.3) is 5.91 Å². The van der Waals surface area contributed by atoms with Crippen LogP contribution in [0.3, 0.4) is 0 Å². The Bertz CT molecular complexity index is 756. The van der Waals surface area contributed by atoms with E-state index in [1.54, 1.807) is 12.3 Å². The van der Waals surface area contributed by atoms with Crippen molar-refractivity contribution in [3.05, 3.63) is 72.3 Å². The van der Waals surface area contributed by atoms with Crippen LogP contribution in [0.25, 0.3) is 0 Å². The van der Waals surface area contributed by atoms with Crippen LogP contribution in [0, 0.1) is 0 Å². The number of para-hydroxylation sites is 2. The number of carbonyl (C=O) groups excluding carboxylic acids is 1. The zero-order chi connectivity index (χ0) is 18.6. The number of amides is 1. The van der Waals surface area contributed by atoms with Crippen LogP contribution >= 0.6 is 0 Å². The van der Waals surface area contributed by atoms with Gasteiger partial charge in [0.1, 0.15) is 11.5 Å².